The summed E-state index contributed by atoms with van der Waals surface area (Å²) < 4.78 is 10.1. The summed E-state index contributed by atoms with van der Waals surface area (Å²) in [4.78, 5) is 11.5. The summed E-state index contributed by atoms with van der Waals surface area (Å²) in [6, 6.07) is 6.07. The van der Waals surface area contributed by atoms with Crippen molar-refractivity contribution in [3.05, 3.63) is 34.9 Å². The van der Waals surface area contributed by atoms with Crippen molar-refractivity contribution in [1.29, 1.82) is 0 Å². The number of hydrogen-bond donors (Lipinski definition) is 0. The minimum Gasteiger partial charge on any atom is -0.385 e. The molecule has 0 amide bonds. The molecule has 0 spiro atoms. The normalized spacial score (nSPS) is 10.7. The second kappa shape index (κ2) is 9.23. The van der Waals surface area contributed by atoms with Crippen LogP contribution < -0.4 is 0 Å². The maximum absolute atomic E-state index is 11.5. The second-order valence-corrected chi connectivity index (χ2v) is 5.22. The molecule has 106 valence electrons. The summed E-state index contributed by atoms with van der Waals surface area (Å²) in [6.45, 7) is 1.48. The molecule has 0 aliphatic heterocycles. The third-order valence-electron chi connectivity index (χ3n) is 2.91. The van der Waals surface area contributed by atoms with Gasteiger partial charge in [-0.05, 0) is 64.9 Å². The lowest BCUT2D eigenvalue weighted by Gasteiger charge is -2.08. The number of rotatable bonds is 9. The highest BCUT2D eigenvalue weighted by molar-refractivity contribution is 9.18. The minimum atomic E-state index is -0.0610. The van der Waals surface area contributed by atoms with Crippen LogP contribution in [0.2, 0.25) is 0 Å². The molecule has 0 unspecified atom stereocenters. The lowest BCUT2D eigenvalue weighted by atomic mass is 10.0. The first-order valence-electron chi connectivity index (χ1n) is 6.48. The Morgan fingerprint density at radius 1 is 1.00 bits per heavy atom. The van der Waals surface area contributed by atoms with Crippen molar-refractivity contribution >= 4 is 20.6 Å². The summed E-state index contributed by atoms with van der Waals surface area (Å²) in [5.74, 6) is 0. The van der Waals surface area contributed by atoms with Crippen molar-refractivity contribution in [2.75, 3.05) is 27.4 Å². The van der Waals surface area contributed by atoms with Gasteiger partial charge in [-0.3, -0.25) is 4.79 Å². The Hall–Kier alpha value is -0.710. The maximum atomic E-state index is 11.5. The van der Waals surface area contributed by atoms with Gasteiger partial charge in [-0.1, -0.05) is 6.07 Å². The zero-order chi connectivity index (χ0) is 14.1. The largest absolute Gasteiger partial charge is 0.385 e. The summed E-state index contributed by atoms with van der Waals surface area (Å²) >= 11 is 3.03. The highest BCUT2D eigenvalue weighted by Gasteiger charge is 2.06. The lowest BCUT2D eigenvalue weighted by Crippen LogP contribution is -2.00. The molecule has 0 bridgehead atoms. The van der Waals surface area contributed by atoms with E-state index < -0.39 is 0 Å². The number of halogens is 1. The van der Waals surface area contributed by atoms with Crippen LogP contribution in [0.1, 0.15) is 34.3 Å². The highest BCUT2D eigenvalue weighted by Crippen LogP contribution is 2.16. The first-order chi connectivity index (χ1) is 9.17. The van der Waals surface area contributed by atoms with Gasteiger partial charge in [0, 0.05) is 33.0 Å². The third-order valence-corrected chi connectivity index (χ3v) is 3.37. The van der Waals surface area contributed by atoms with Crippen molar-refractivity contribution in [3.8, 4) is 0 Å². The van der Waals surface area contributed by atoms with E-state index in [-0.39, 0.29) is 4.69 Å². The zero-order valence-electron chi connectivity index (χ0n) is 11.6. The molecule has 1 aromatic rings. The number of carbonyl (C=O) groups excluding carboxylic acids is 1. The van der Waals surface area contributed by atoms with Gasteiger partial charge in [0.15, 0.2) is 0 Å². The summed E-state index contributed by atoms with van der Waals surface area (Å²) in [5, 5.41) is 0. The lowest BCUT2D eigenvalue weighted by molar-refractivity contribution is 0.109. The molecule has 4 heteroatoms. The van der Waals surface area contributed by atoms with Crippen molar-refractivity contribution in [3.63, 3.8) is 0 Å². The van der Waals surface area contributed by atoms with Crippen LogP contribution in [0.15, 0.2) is 18.2 Å². The molecule has 19 heavy (non-hydrogen) atoms. The summed E-state index contributed by atoms with van der Waals surface area (Å²) in [5.41, 5.74) is 3.10. The molecular weight excluding hydrogens is 308 g/mol. The number of benzene rings is 1. The van der Waals surface area contributed by atoms with E-state index in [1.54, 1.807) is 14.2 Å². The predicted molar refractivity (Wildman–Crippen MR) is 80.1 cm³/mol. The molecule has 1 aromatic carbocycles. The monoisotopic (exact) mass is 328 g/mol. The Morgan fingerprint density at radius 2 is 1.47 bits per heavy atom. The van der Waals surface area contributed by atoms with Crippen molar-refractivity contribution in [2.45, 2.75) is 25.7 Å². The molecule has 3 nitrogen and oxygen atoms in total. The Balaban J connectivity index is 2.75. The van der Waals surface area contributed by atoms with Crippen LogP contribution in [0.25, 0.3) is 0 Å². The second-order valence-electron chi connectivity index (χ2n) is 4.50. The van der Waals surface area contributed by atoms with E-state index in [1.807, 2.05) is 12.1 Å². The van der Waals surface area contributed by atoms with Gasteiger partial charge in [0.1, 0.15) is 0 Å². The van der Waals surface area contributed by atoms with E-state index in [0.29, 0.717) is 0 Å². The van der Waals surface area contributed by atoms with Gasteiger partial charge in [0.2, 0.25) is 4.69 Å². The Kier molecular flexibility index (Phi) is 7.94. The van der Waals surface area contributed by atoms with E-state index in [2.05, 4.69) is 22.0 Å². The van der Waals surface area contributed by atoms with Gasteiger partial charge in [0.05, 0.1) is 0 Å². The van der Waals surface area contributed by atoms with Crippen LogP contribution >= 0.6 is 15.9 Å². The van der Waals surface area contributed by atoms with Crippen molar-refractivity contribution in [2.24, 2.45) is 0 Å². The van der Waals surface area contributed by atoms with E-state index in [4.69, 9.17) is 9.47 Å². The maximum Gasteiger partial charge on any atom is 0.228 e. The average Bonchev–Trinajstić information content (AvgIpc) is 2.39. The number of ether oxygens (including phenoxy) is 2. The fraction of sp³-hybridized carbons (Fsp3) is 0.533. The van der Waals surface area contributed by atoms with Crippen molar-refractivity contribution < 1.29 is 14.3 Å². The molecule has 0 atom stereocenters. The molecule has 0 radical (unpaired) electrons. The predicted octanol–water partition coefficient (Wildman–Crippen LogP) is 3.38. The molecule has 0 aliphatic carbocycles. The molecule has 0 saturated heterocycles. The zero-order valence-corrected chi connectivity index (χ0v) is 13.2. The quantitative estimate of drug-likeness (QED) is 0.515. The fourth-order valence-corrected chi connectivity index (χ4v) is 2.23. The number of carbonyl (C=O) groups is 1. The van der Waals surface area contributed by atoms with E-state index in [9.17, 15) is 4.79 Å². The van der Waals surface area contributed by atoms with Gasteiger partial charge in [-0.15, -0.1) is 0 Å². The molecule has 0 heterocycles. The van der Waals surface area contributed by atoms with Gasteiger partial charge < -0.3 is 9.47 Å². The highest BCUT2D eigenvalue weighted by atomic mass is 79.9. The van der Waals surface area contributed by atoms with E-state index in [1.165, 1.54) is 11.1 Å². The van der Waals surface area contributed by atoms with Crippen LogP contribution in [-0.2, 0) is 22.3 Å². The topological polar surface area (TPSA) is 35.5 Å². The molecule has 1 rings (SSSR count). The Bertz CT molecular complexity index is 376. The molecule has 0 aromatic heterocycles. The van der Waals surface area contributed by atoms with Crippen LogP contribution in [0.3, 0.4) is 0 Å². The first kappa shape index (κ1) is 16.3. The molecule has 0 saturated carbocycles. The molecular formula is C15H21BrO3. The first-order valence-corrected chi connectivity index (χ1v) is 7.27. The molecule has 0 fully saturated rings. The number of methoxy groups -OCH3 is 2. The van der Waals surface area contributed by atoms with Crippen LogP contribution in [0.5, 0.6) is 0 Å². The Morgan fingerprint density at radius 3 is 1.84 bits per heavy atom. The number of aryl methyl sites for hydroxylation is 2. The summed E-state index contributed by atoms with van der Waals surface area (Å²) in [6.07, 6.45) is 3.79. The van der Waals surface area contributed by atoms with Gasteiger partial charge in [0.25, 0.3) is 0 Å². The van der Waals surface area contributed by atoms with Gasteiger partial charge in [-0.2, -0.15) is 0 Å². The van der Waals surface area contributed by atoms with Crippen LogP contribution in [0, 0.1) is 0 Å². The molecule has 0 aliphatic rings. The standard InChI is InChI=1S/C15H21BrO3/c1-18-7-3-5-12-9-13(6-4-8-19-2)11-14(10-12)15(16)17/h9-11H,3-8H2,1-2H3. The smallest absolute Gasteiger partial charge is 0.228 e. The van der Waals surface area contributed by atoms with Gasteiger partial charge in [-0.25, -0.2) is 0 Å². The Labute approximate surface area is 123 Å². The third kappa shape index (κ3) is 6.32. The van der Waals surface area contributed by atoms with Crippen LogP contribution in [0.4, 0.5) is 0 Å². The number of hydrogen-bond acceptors (Lipinski definition) is 3. The van der Waals surface area contributed by atoms with E-state index >= 15 is 0 Å². The van der Waals surface area contributed by atoms with Crippen LogP contribution in [-0.4, -0.2) is 32.1 Å². The average molecular weight is 329 g/mol. The minimum absolute atomic E-state index is 0.0610. The van der Waals surface area contributed by atoms with Crippen molar-refractivity contribution in [1.82, 2.24) is 0 Å². The molecule has 0 N–H and O–H groups in total. The fourth-order valence-electron chi connectivity index (χ4n) is 2.01. The summed E-state index contributed by atoms with van der Waals surface area (Å²) in [7, 11) is 3.41. The van der Waals surface area contributed by atoms with E-state index in [0.717, 1.165) is 44.5 Å². The SMILES string of the molecule is COCCCc1cc(CCCOC)cc(C(=O)Br)c1. The van der Waals surface area contributed by atoms with Gasteiger partial charge >= 0.3 is 0 Å².